The fourth-order valence-corrected chi connectivity index (χ4v) is 4.70. The largest absolute Gasteiger partial charge is 0.507 e. The van der Waals surface area contributed by atoms with Crippen LogP contribution in [0.4, 0.5) is 10.2 Å². The van der Waals surface area contributed by atoms with E-state index in [0.717, 1.165) is 30.2 Å². The molecule has 2 unspecified atom stereocenters. The fourth-order valence-electron chi connectivity index (χ4n) is 4.70. The maximum atomic E-state index is 14.8. The molecule has 2 bridgehead atoms. The van der Waals surface area contributed by atoms with Crippen LogP contribution in [0.15, 0.2) is 36.8 Å². The summed E-state index contributed by atoms with van der Waals surface area (Å²) in [6, 6.07) is 5.86. The number of benzene rings is 1. The van der Waals surface area contributed by atoms with E-state index >= 15 is 0 Å². The van der Waals surface area contributed by atoms with Crippen LogP contribution in [-0.4, -0.2) is 51.0 Å². The molecule has 3 aromatic rings. The highest BCUT2D eigenvalue weighted by Gasteiger charge is 2.43. The normalized spacial score (nSPS) is 26.7. The molecule has 2 aromatic heterocycles. The standard InChI is InChI=1S/C21H24FN5O/c1-26-8-7-14-17(26)6-4-13(21(14)28)16-10-24-19(11-23-16)27(2)18-9-12-3-5-15(25-12)20(18)22/h4,6-8,10-12,15,18,20,25,28H,3,5,9H2,1-2H3/t12?,15?,18-,20+/m1/s1. The smallest absolute Gasteiger partial charge is 0.147 e. The SMILES string of the molecule is CN(c1cnc(-c2ccc3c(ccn3C)c2O)cn1)[C@@H]1CC2CCC(N2)[C@@H]1F. The monoisotopic (exact) mass is 381 g/mol. The van der Waals surface area contributed by atoms with E-state index in [1.807, 2.05) is 48.0 Å². The first-order valence-electron chi connectivity index (χ1n) is 9.75. The maximum absolute atomic E-state index is 14.8. The van der Waals surface area contributed by atoms with Crippen LogP contribution < -0.4 is 10.2 Å². The van der Waals surface area contributed by atoms with Crippen molar-refractivity contribution in [3.05, 3.63) is 36.8 Å². The lowest BCUT2D eigenvalue weighted by atomic mass is 9.96. The third-order valence-corrected chi connectivity index (χ3v) is 6.37. The molecular formula is C21H24FN5O. The topological polar surface area (TPSA) is 66.2 Å². The molecule has 28 heavy (non-hydrogen) atoms. The van der Waals surface area contributed by atoms with Gasteiger partial charge < -0.3 is 19.9 Å². The Morgan fingerprint density at radius 1 is 1.21 bits per heavy atom. The summed E-state index contributed by atoms with van der Waals surface area (Å²) in [5, 5.41) is 14.8. The van der Waals surface area contributed by atoms with Crippen LogP contribution in [-0.2, 0) is 7.05 Å². The van der Waals surface area contributed by atoms with Gasteiger partial charge in [0.25, 0.3) is 0 Å². The van der Waals surface area contributed by atoms with E-state index in [0.29, 0.717) is 23.1 Å². The van der Waals surface area contributed by atoms with Crippen LogP contribution >= 0.6 is 0 Å². The number of hydrogen-bond acceptors (Lipinski definition) is 5. The van der Waals surface area contributed by atoms with E-state index < -0.39 is 6.17 Å². The first kappa shape index (κ1) is 17.4. The molecule has 6 nitrogen and oxygen atoms in total. The van der Waals surface area contributed by atoms with E-state index in [1.165, 1.54) is 0 Å². The Bertz CT molecular complexity index is 1020. The molecule has 2 aliphatic heterocycles. The molecule has 2 aliphatic rings. The Balaban J connectivity index is 1.42. The molecule has 4 atom stereocenters. The molecule has 5 rings (SSSR count). The summed E-state index contributed by atoms with van der Waals surface area (Å²) in [4.78, 5) is 10.9. The number of aromatic hydroxyl groups is 1. The molecule has 2 N–H and O–H groups in total. The summed E-state index contributed by atoms with van der Waals surface area (Å²) in [6.07, 6.45) is 7.05. The van der Waals surface area contributed by atoms with Crippen molar-refractivity contribution in [2.75, 3.05) is 11.9 Å². The zero-order valence-electron chi connectivity index (χ0n) is 16.0. The summed E-state index contributed by atoms with van der Waals surface area (Å²) in [5.74, 6) is 0.852. The Morgan fingerprint density at radius 2 is 2.07 bits per heavy atom. The minimum Gasteiger partial charge on any atom is -0.507 e. The van der Waals surface area contributed by atoms with Gasteiger partial charge in [0.1, 0.15) is 17.7 Å². The molecule has 2 saturated heterocycles. The Morgan fingerprint density at radius 3 is 2.86 bits per heavy atom. The lowest BCUT2D eigenvalue weighted by Gasteiger charge is -2.38. The highest BCUT2D eigenvalue weighted by atomic mass is 19.1. The number of fused-ring (bicyclic) bond motifs is 3. The number of halogens is 1. The van der Waals surface area contributed by atoms with Gasteiger partial charge in [-0.05, 0) is 37.5 Å². The molecule has 0 radical (unpaired) electrons. The minimum absolute atomic E-state index is 0.0482. The number of phenols is 1. The quantitative estimate of drug-likeness (QED) is 0.730. The van der Waals surface area contributed by atoms with E-state index in [9.17, 15) is 9.50 Å². The molecule has 2 fully saturated rings. The third-order valence-electron chi connectivity index (χ3n) is 6.37. The van der Waals surface area contributed by atoms with Crippen molar-refractivity contribution in [2.24, 2.45) is 7.05 Å². The van der Waals surface area contributed by atoms with Crippen molar-refractivity contribution in [3.63, 3.8) is 0 Å². The number of anilines is 1. The number of nitrogens with zero attached hydrogens (tertiary/aromatic N) is 4. The molecule has 7 heteroatoms. The van der Waals surface area contributed by atoms with Crippen LogP contribution in [0.2, 0.25) is 0 Å². The lowest BCUT2D eigenvalue weighted by molar-refractivity contribution is 0.176. The van der Waals surface area contributed by atoms with Gasteiger partial charge in [0.15, 0.2) is 0 Å². The Kier molecular flexibility index (Phi) is 4.01. The molecule has 4 heterocycles. The summed E-state index contributed by atoms with van der Waals surface area (Å²) in [7, 11) is 3.83. The fraction of sp³-hybridized carbons (Fsp3) is 0.429. The summed E-state index contributed by atoms with van der Waals surface area (Å²) in [5.41, 5.74) is 2.20. The van der Waals surface area contributed by atoms with Gasteiger partial charge in [-0.3, -0.25) is 4.98 Å². The molecule has 0 aliphatic carbocycles. The van der Waals surface area contributed by atoms with Gasteiger partial charge in [-0.1, -0.05) is 0 Å². The second kappa shape index (κ2) is 6.44. The summed E-state index contributed by atoms with van der Waals surface area (Å²) < 4.78 is 16.8. The zero-order valence-corrected chi connectivity index (χ0v) is 16.0. The molecule has 0 saturated carbocycles. The molecule has 1 aromatic carbocycles. The van der Waals surface area contributed by atoms with E-state index in [1.54, 1.807) is 12.4 Å². The highest BCUT2D eigenvalue weighted by molar-refractivity contribution is 5.92. The van der Waals surface area contributed by atoms with E-state index in [4.69, 9.17) is 0 Å². The van der Waals surface area contributed by atoms with Gasteiger partial charge in [-0.2, -0.15) is 0 Å². The predicted molar refractivity (Wildman–Crippen MR) is 107 cm³/mol. The van der Waals surface area contributed by atoms with Gasteiger partial charge in [0.05, 0.1) is 29.6 Å². The van der Waals surface area contributed by atoms with Gasteiger partial charge in [0.2, 0.25) is 0 Å². The summed E-state index contributed by atoms with van der Waals surface area (Å²) in [6.45, 7) is 0. The average Bonchev–Trinajstić information content (AvgIpc) is 3.29. The first-order chi connectivity index (χ1) is 13.5. The molecule has 146 valence electrons. The minimum atomic E-state index is -0.908. The van der Waals surface area contributed by atoms with Crippen molar-refractivity contribution in [1.29, 1.82) is 0 Å². The Labute approximate surface area is 163 Å². The van der Waals surface area contributed by atoms with Crippen LogP contribution in [0.1, 0.15) is 19.3 Å². The predicted octanol–water partition coefficient (Wildman–Crippen LogP) is 3.01. The van der Waals surface area contributed by atoms with Crippen LogP contribution in [0.5, 0.6) is 5.75 Å². The second-order valence-corrected chi connectivity index (χ2v) is 7.99. The third kappa shape index (κ3) is 2.64. The highest BCUT2D eigenvalue weighted by Crippen LogP contribution is 2.36. The van der Waals surface area contributed by atoms with Crippen LogP contribution in [0.3, 0.4) is 0 Å². The number of nitrogens with one attached hydrogen (secondary N) is 1. The van der Waals surface area contributed by atoms with E-state index in [2.05, 4.69) is 15.3 Å². The van der Waals surface area contributed by atoms with Crippen molar-refractivity contribution >= 4 is 16.7 Å². The van der Waals surface area contributed by atoms with Crippen molar-refractivity contribution in [1.82, 2.24) is 19.9 Å². The number of hydrogen-bond donors (Lipinski definition) is 2. The van der Waals surface area contributed by atoms with Crippen LogP contribution in [0.25, 0.3) is 22.2 Å². The maximum Gasteiger partial charge on any atom is 0.147 e. The Hall–Kier alpha value is -2.67. The van der Waals surface area contributed by atoms with Crippen molar-refractivity contribution in [3.8, 4) is 17.0 Å². The number of rotatable bonds is 3. The molecule has 0 spiro atoms. The molecular weight excluding hydrogens is 357 g/mol. The number of alkyl halides is 1. The average molecular weight is 381 g/mol. The van der Waals surface area contributed by atoms with Crippen molar-refractivity contribution in [2.45, 2.75) is 43.6 Å². The number of piperidine rings is 1. The number of phenolic OH excluding ortho intramolecular Hbond substituents is 1. The number of aryl methyl sites for hydroxylation is 1. The van der Waals surface area contributed by atoms with Gasteiger partial charge >= 0.3 is 0 Å². The van der Waals surface area contributed by atoms with Gasteiger partial charge in [-0.25, -0.2) is 9.37 Å². The summed E-state index contributed by atoms with van der Waals surface area (Å²) >= 11 is 0. The second-order valence-electron chi connectivity index (χ2n) is 7.99. The molecule has 0 amide bonds. The van der Waals surface area contributed by atoms with Crippen LogP contribution in [0, 0.1) is 0 Å². The van der Waals surface area contributed by atoms with Gasteiger partial charge in [0, 0.05) is 43.3 Å². The van der Waals surface area contributed by atoms with E-state index in [-0.39, 0.29) is 17.8 Å². The first-order valence-corrected chi connectivity index (χ1v) is 9.75. The lowest BCUT2D eigenvalue weighted by Crippen LogP contribution is -2.55. The van der Waals surface area contributed by atoms with Crippen molar-refractivity contribution < 1.29 is 9.50 Å². The van der Waals surface area contributed by atoms with Gasteiger partial charge in [-0.15, -0.1) is 0 Å². The number of aromatic nitrogens is 3. The zero-order chi connectivity index (χ0) is 19.4.